The van der Waals surface area contributed by atoms with Crippen molar-refractivity contribution in [2.45, 2.75) is 6.42 Å². The van der Waals surface area contributed by atoms with Crippen LogP contribution in [0.25, 0.3) is 11.3 Å². The minimum absolute atomic E-state index is 0.191. The number of hydrogen-bond acceptors (Lipinski definition) is 5. The molecular formula is C20H19ClN4O2. The van der Waals surface area contributed by atoms with Gasteiger partial charge >= 0.3 is 0 Å². The first kappa shape index (κ1) is 18.7. The largest absolute Gasteiger partial charge is 0.493 e. The van der Waals surface area contributed by atoms with Crippen molar-refractivity contribution < 1.29 is 9.53 Å². The highest BCUT2D eigenvalue weighted by Gasteiger charge is 2.10. The van der Waals surface area contributed by atoms with Gasteiger partial charge in [0.05, 0.1) is 29.7 Å². The Morgan fingerprint density at radius 2 is 1.96 bits per heavy atom. The van der Waals surface area contributed by atoms with Gasteiger partial charge in [-0.3, -0.25) is 9.78 Å². The van der Waals surface area contributed by atoms with Crippen LogP contribution < -0.4 is 15.8 Å². The van der Waals surface area contributed by atoms with Crippen LogP contribution in [-0.2, 0) is 0 Å². The number of ether oxygens (including phenoxy) is 1. The van der Waals surface area contributed by atoms with Gasteiger partial charge in [0, 0.05) is 18.3 Å². The molecule has 27 heavy (non-hydrogen) atoms. The number of halogens is 1. The van der Waals surface area contributed by atoms with E-state index in [2.05, 4.69) is 15.3 Å². The molecule has 0 saturated heterocycles. The molecule has 138 valence electrons. The summed E-state index contributed by atoms with van der Waals surface area (Å²) in [7, 11) is 0. The first-order valence-electron chi connectivity index (χ1n) is 8.47. The summed E-state index contributed by atoms with van der Waals surface area (Å²) >= 11 is 5.91. The lowest BCUT2D eigenvalue weighted by molar-refractivity contribution is 0.0951. The molecule has 0 radical (unpaired) electrons. The fourth-order valence-corrected chi connectivity index (χ4v) is 2.68. The molecule has 7 heteroatoms. The van der Waals surface area contributed by atoms with E-state index in [9.17, 15) is 4.79 Å². The fourth-order valence-electron chi connectivity index (χ4n) is 2.48. The van der Waals surface area contributed by atoms with Crippen LogP contribution in [0.3, 0.4) is 0 Å². The summed E-state index contributed by atoms with van der Waals surface area (Å²) in [6.45, 7) is 0.916. The molecule has 3 aromatic rings. The monoisotopic (exact) mass is 382 g/mol. The summed E-state index contributed by atoms with van der Waals surface area (Å²) in [5.74, 6) is 0.482. The van der Waals surface area contributed by atoms with Crippen molar-refractivity contribution in [3.8, 4) is 17.0 Å². The predicted molar refractivity (Wildman–Crippen MR) is 106 cm³/mol. The molecule has 2 heterocycles. The Morgan fingerprint density at radius 3 is 2.74 bits per heavy atom. The number of nitrogens with two attached hydrogens (primary N) is 1. The second-order valence-corrected chi connectivity index (χ2v) is 6.13. The van der Waals surface area contributed by atoms with Crippen molar-refractivity contribution in [2.75, 3.05) is 18.9 Å². The van der Waals surface area contributed by atoms with Gasteiger partial charge in [-0.05, 0) is 42.8 Å². The average molecular weight is 383 g/mol. The lowest BCUT2D eigenvalue weighted by Gasteiger charge is -2.12. The zero-order valence-corrected chi connectivity index (χ0v) is 15.3. The Morgan fingerprint density at radius 1 is 1.11 bits per heavy atom. The van der Waals surface area contributed by atoms with E-state index in [1.54, 1.807) is 30.6 Å². The molecule has 0 spiro atoms. The zero-order chi connectivity index (χ0) is 19.1. The van der Waals surface area contributed by atoms with Crippen molar-refractivity contribution in [1.82, 2.24) is 15.3 Å². The van der Waals surface area contributed by atoms with E-state index in [1.165, 1.54) is 0 Å². The molecule has 3 rings (SSSR count). The summed E-state index contributed by atoms with van der Waals surface area (Å²) in [4.78, 5) is 20.3. The highest BCUT2D eigenvalue weighted by molar-refractivity contribution is 6.32. The smallest absolute Gasteiger partial charge is 0.254 e. The number of aromatic nitrogens is 2. The number of carbonyl (C=O) groups excluding carboxylic acids is 1. The minimum Gasteiger partial charge on any atom is -0.493 e. The van der Waals surface area contributed by atoms with Gasteiger partial charge in [-0.25, -0.2) is 4.98 Å². The second kappa shape index (κ2) is 9.00. The van der Waals surface area contributed by atoms with Crippen molar-refractivity contribution in [3.05, 3.63) is 71.6 Å². The topological polar surface area (TPSA) is 90.1 Å². The first-order chi connectivity index (χ1) is 13.1. The van der Waals surface area contributed by atoms with Gasteiger partial charge in [0.15, 0.2) is 0 Å². The molecule has 0 bridgehead atoms. The predicted octanol–water partition coefficient (Wildman–Crippen LogP) is 3.58. The Hall–Kier alpha value is -3.12. The molecule has 0 unspecified atom stereocenters. The van der Waals surface area contributed by atoms with Gasteiger partial charge in [0.1, 0.15) is 10.9 Å². The van der Waals surface area contributed by atoms with Crippen LogP contribution in [0.4, 0.5) is 5.69 Å². The molecule has 2 aromatic heterocycles. The van der Waals surface area contributed by atoms with E-state index in [0.717, 1.165) is 17.0 Å². The molecule has 0 aliphatic heterocycles. The molecule has 0 fully saturated rings. The van der Waals surface area contributed by atoms with Crippen molar-refractivity contribution >= 4 is 23.2 Å². The standard InChI is InChI=1S/C20H19ClN4O2/c21-19-16(6-3-10-23-19)20(26)24-11-4-12-27-18-7-2-1-5-15(18)17-9-8-14(22)13-25-17/h1-3,5-10,13H,4,11-12,22H2,(H,24,26). The van der Waals surface area contributed by atoms with E-state index < -0.39 is 0 Å². The molecule has 1 amide bonds. The van der Waals surface area contributed by atoms with E-state index >= 15 is 0 Å². The quantitative estimate of drug-likeness (QED) is 0.481. The number of anilines is 1. The van der Waals surface area contributed by atoms with E-state index in [-0.39, 0.29) is 11.1 Å². The molecule has 0 aliphatic carbocycles. The molecule has 0 saturated carbocycles. The zero-order valence-electron chi connectivity index (χ0n) is 14.6. The summed E-state index contributed by atoms with van der Waals surface area (Å²) in [6, 6.07) is 14.6. The number of benzene rings is 1. The third kappa shape index (κ3) is 4.95. The lowest BCUT2D eigenvalue weighted by atomic mass is 10.1. The van der Waals surface area contributed by atoms with Crippen LogP contribution >= 0.6 is 11.6 Å². The molecule has 0 aliphatic rings. The number of amides is 1. The number of nitrogens with zero attached hydrogens (tertiary/aromatic N) is 2. The van der Waals surface area contributed by atoms with Crippen LogP contribution in [0.2, 0.25) is 5.15 Å². The van der Waals surface area contributed by atoms with Crippen LogP contribution in [0.5, 0.6) is 5.75 Å². The summed E-state index contributed by atoms with van der Waals surface area (Å²) in [6.07, 6.45) is 3.80. The number of carbonyl (C=O) groups is 1. The molecular weight excluding hydrogens is 364 g/mol. The first-order valence-corrected chi connectivity index (χ1v) is 8.85. The average Bonchev–Trinajstić information content (AvgIpc) is 2.69. The van der Waals surface area contributed by atoms with Crippen molar-refractivity contribution in [2.24, 2.45) is 0 Å². The van der Waals surface area contributed by atoms with Gasteiger partial charge in [0.2, 0.25) is 0 Å². The minimum atomic E-state index is -0.250. The van der Waals surface area contributed by atoms with Crippen molar-refractivity contribution in [1.29, 1.82) is 0 Å². The maximum Gasteiger partial charge on any atom is 0.254 e. The number of pyridine rings is 2. The molecule has 3 N–H and O–H groups in total. The third-order valence-corrected chi connectivity index (χ3v) is 4.12. The van der Waals surface area contributed by atoms with Crippen LogP contribution in [0.1, 0.15) is 16.8 Å². The van der Waals surface area contributed by atoms with E-state index in [1.807, 2.05) is 30.3 Å². The maximum atomic E-state index is 12.1. The Kier molecular flexibility index (Phi) is 6.22. The van der Waals surface area contributed by atoms with Gasteiger partial charge < -0.3 is 15.8 Å². The summed E-state index contributed by atoms with van der Waals surface area (Å²) in [5, 5.41) is 3.00. The molecule has 6 nitrogen and oxygen atoms in total. The fraction of sp³-hybridized carbons (Fsp3) is 0.150. The maximum absolute atomic E-state index is 12.1. The van der Waals surface area contributed by atoms with Crippen molar-refractivity contribution in [3.63, 3.8) is 0 Å². The van der Waals surface area contributed by atoms with Crippen LogP contribution in [0, 0.1) is 0 Å². The van der Waals surface area contributed by atoms with Gasteiger partial charge in [-0.2, -0.15) is 0 Å². The Balaban J connectivity index is 1.52. The Bertz CT molecular complexity index is 916. The van der Waals surface area contributed by atoms with E-state index in [0.29, 0.717) is 30.8 Å². The SMILES string of the molecule is Nc1ccc(-c2ccccc2OCCCNC(=O)c2cccnc2Cl)nc1. The van der Waals surface area contributed by atoms with E-state index in [4.69, 9.17) is 22.1 Å². The second-order valence-electron chi connectivity index (χ2n) is 5.77. The lowest BCUT2D eigenvalue weighted by Crippen LogP contribution is -2.26. The number of para-hydroxylation sites is 1. The Labute approximate surface area is 162 Å². The highest BCUT2D eigenvalue weighted by atomic mass is 35.5. The summed E-state index contributed by atoms with van der Waals surface area (Å²) in [5.41, 5.74) is 8.35. The molecule has 0 atom stereocenters. The van der Waals surface area contributed by atoms with Gasteiger partial charge in [-0.15, -0.1) is 0 Å². The number of hydrogen-bond donors (Lipinski definition) is 2. The summed E-state index contributed by atoms with van der Waals surface area (Å²) < 4.78 is 5.87. The molecule has 1 aromatic carbocycles. The van der Waals surface area contributed by atoms with Gasteiger partial charge in [0.25, 0.3) is 5.91 Å². The number of nitrogens with one attached hydrogen (secondary N) is 1. The normalized spacial score (nSPS) is 10.4. The third-order valence-electron chi connectivity index (χ3n) is 3.82. The van der Waals surface area contributed by atoms with Gasteiger partial charge in [-0.1, -0.05) is 23.7 Å². The number of rotatable bonds is 7. The van der Waals surface area contributed by atoms with Crippen LogP contribution in [-0.4, -0.2) is 29.0 Å². The van der Waals surface area contributed by atoms with Crippen LogP contribution in [0.15, 0.2) is 60.9 Å². The highest BCUT2D eigenvalue weighted by Crippen LogP contribution is 2.28. The number of nitrogen functional groups attached to an aromatic ring is 1.